The first-order chi connectivity index (χ1) is 12.4. The van der Waals surface area contributed by atoms with Crippen molar-refractivity contribution >= 4 is 6.03 Å². The van der Waals surface area contributed by atoms with Crippen molar-refractivity contribution in [3.63, 3.8) is 0 Å². The van der Waals surface area contributed by atoms with Gasteiger partial charge in [0.05, 0.1) is 19.4 Å². The molecule has 0 saturated heterocycles. The van der Waals surface area contributed by atoms with Gasteiger partial charge in [0.15, 0.2) is 0 Å². The number of urea groups is 1. The summed E-state index contributed by atoms with van der Waals surface area (Å²) in [4.78, 5) is 14.2. The van der Waals surface area contributed by atoms with Crippen molar-refractivity contribution in [3.8, 4) is 0 Å². The van der Waals surface area contributed by atoms with Crippen molar-refractivity contribution < 1.29 is 13.9 Å². The van der Waals surface area contributed by atoms with E-state index >= 15 is 0 Å². The fourth-order valence-corrected chi connectivity index (χ4v) is 2.64. The molecular weight excluding hydrogens is 328 g/mol. The molecule has 0 aliphatic rings. The van der Waals surface area contributed by atoms with Crippen LogP contribution in [0.5, 0.6) is 0 Å². The van der Waals surface area contributed by atoms with Gasteiger partial charge in [-0.2, -0.15) is 0 Å². The number of nitrogens with one attached hydrogen (secondary N) is 1. The second kappa shape index (κ2) is 9.43. The maximum atomic E-state index is 12.5. The number of methoxy groups -OCH3 is 1. The summed E-state index contributed by atoms with van der Waals surface area (Å²) in [5.74, 6) is 0.758. The van der Waals surface area contributed by atoms with Crippen LogP contribution in [0.3, 0.4) is 0 Å². The van der Waals surface area contributed by atoms with Gasteiger partial charge < -0.3 is 19.4 Å². The Bertz CT molecular complexity index is 658. The van der Waals surface area contributed by atoms with Crippen LogP contribution in [0.15, 0.2) is 47.1 Å². The summed E-state index contributed by atoms with van der Waals surface area (Å²) >= 11 is 0. The number of hydrogen-bond donors (Lipinski definition) is 1. The van der Waals surface area contributed by atoms with Gasteiger partial charge >= 0.3 is 6.03 Å². The van der Waals surface area contributed by atoms with Gasteiger partial charge in [-0.05, 0) is 35.1 Å². The molecule has 1 aromatic carbocycles. The highest BCUT2D eigenvalue weighted by molar-refractivity contribution is 5.74. The van der Waals surface area contributed by atoms with Gasteiger partial charge in [-0.15, -0.1) is 0 Å². The van der Waals surface area contributed by atoms with E-state index in [9.17, 15) is 4.79 Å². The Hall–Kier alpha value is -2.27. The number of ether oxygens (including phenoxy) is 1. The van der Waals surface area contributed by atoms with Crippen LogP contribution in [0.1, 0.15) is 37.7 Å². The highest BCUT2D eigenvalue weighted by Gasteiger charge is 2.15. The molecule has 2 amide bonds. The van der Waals surface area contributed by atoms with E-state index in [2.05, 4.69) is 50.4 Å². The number of carbonyl (C=O) groups is 1. The number of hydrogen-bond acceptors (Lipinski definition) is 3. The zero-order valence-corrected chi connectivity index (χ0v) is 16.2. The van der Waals surface area contributed by atoms with E-state index in [-0.39, 0.29) is 11.4 Å². The lowest BCUT2D eigenvalue weighted by atomic mass is 9.86. The molecule has 0 bridgehead atoms. The van der Waals surface area contributed by atoms with E-state index in [4.69, 9.17) is 9.15 Å². The van der Waals surface area contributed by atoms with Gasteiger partial charge in [0.25, 0.3) is 0 Å². The Morgan fingerprint density at radius 3 is 2.50 bits per heavy atom. The van der Waals surface area contributed by atoms with Crippen LogP contribution in [0, 0.1) is 0 Å². The molecule has 2 aromatic rings. The third-order valence-corrected chi connectivity index (χ3v) is 4.29. The first-order valence-electron chi connectivity index (χ1n) is 9.03. The van der Waals surface area contributed by atoms with Gasteiger partial charge in [-0.3, -0.25) is 0 Å². The van der Waals surface area contributed by atoms with Gasteiger partial charge in [0, 0.05) is 20.2 Å². The van der Waals surface area contributed by atoms with Crippen molar-refractivity contribution in [1.29, 1.82) is 0 Å². The average molecular weight is 358 g/mol. The molecule has 0 aliphatic carbocycles. The molecule has 0 aliphatic heterocycles. The number of rotatable bonds is 8. The number of furan rings is 1. The minimum atomic E-state index is -0.107. The number of carbonyl (C=O) groups excluding carboxylic acids is 1. The Balaban J connectivity index is 1.84. The van der Waals surface area contributed by atoms with Crippen LogP contribution in [0.2, 0.25) is 0 Å². The Kier molecular flexibility index (Phi) is 7.27. The predicted molar refractivity (Wildman–Crippen MR) is 103 cm³/mol. The fraction of sp³-hybridized carbons (Fsp3) is 0.476. The Morgan fingerprint density at radius 2 is 1.92 bits per heavy atom. The molecule has 0 unspecified atom stereocenters. The molecule has 0 atom stereocenters. The summed E-state index contributed by atoms with van der Waals surface area (Å²) in [5.41, 5.74) is 2.68. The first kappa shape index (κ1) is 20.0. The third-order valence-electron chi connectivity index (χ3n) is 4.29. The largest absolute Gasteiger partial charge is 0.467 e. The van der Waals surface area contributed by atoms with Crippen LogP contribution < -0.4 is 5.32 Å². The molecule has 0 saturated carbocycles. The summed E-state index contributed by atoms with van der Waals surface area (Å²) in [5, 5.41) is 2.99. The van der Waals surface area contributed by atoms with E-state index < -0.39 is 0 Å². The topological polar surface area (TPSA) is 54.7 Å². The van der Waals surface area contributed by atoms with Crippen LogP contribution >= 0.6 is 0 Å². The fourth-order valence-electron chi connectivity index (χ4n) is 2.64. The molecule has 5 nitrogen and oxygen atoms in total. The van der Waals surface area contributed by atoms with Crippen molar-refractivity contribution in [3.05, 3.63) is 59.5 Å². The summed E-state index contributed by atoms with van der Waals surface area (Å²) in [7, 11) is 1.63. The van der Waals surface area contributed by atoms with Crippen molar-refractivity contribution in [1.82, 2.24) is 10.2 Å². The highest BCUT2D eigenvalue weighted by Crippen LogP contribution is 2.22. The summed E-state index contributed by atoms with van der Waals surface area (Å²) < 4.78 is 10.4. The quantitative estimate of drug-likeness (QED) is 0.777. The molecule has 1 N–H and O–H groups in total. The van der Waals surface area contributed by atoms with Crippen LogP contribution in [-0.2, 0) is 23.1 Å². The lowest BCUT2D eigenvalue weighted by Gasteiger charge is -2.22. The predicted octanol–water partition coefficient (Wildman–Crippen LogP) is 3.98. The highest BCUT2D eigenvalue weighted by atomic mass is 16.5. The molecule has 0 radical (unpaired) electrons. The van der Waals surface area contributed by atoms with Gasteiger partial charge in [-0.1, -0.05) is 45.0 Å². The molecule has 0 fully saturated rings. The zero-order chi connectivity index (χ0) is 19.0. The van der Waals surface area contributed by atoms with E-state index in [1.54, 1.807) is 18.3 Å². The molecule has 0 spiro atoms. The lowest BCUT2D eigenvalue weighted by molar-refractivity contribution is 0.143. The number of amides is 2. The molecule has 142 valence electrons. The van der Waals surface area contributed by atoms with Crippen LogP contribution in [0.4, 0.5) is 4.79 Å². The number of nitrogens with zero attached hydrogens (tertiary/aromatic N) is 1. The van der Waals surface area contributed by atoms with Crippen molar-refractivity contribution in [2.45, 2.75) is 39.2 Å². The lowest BCUT2D eigenvalue weighted by Crippen LogP contribution is -2.41. The SMILES string of the molecule is COCCN(Cc1ccco1)C(=O)NCCc1ccc(C(C)(C)C)cc1. The standard InChI is InChI=1S/C21H30N2O3/c1-21(2,3)18-9-7-17(8-10-18)11-12-22-20(24)23(13-15-25-4)16-19-6-5-14-26-19/h5-10,14H,11-13,15-16H2,1-4H3,(H,22,24). The molecule has 2 rings (SSSR count). The Labute approximate surface area is 156 Å². The molecular formula is C21H30N2O3. The zero-order valence-electron chi connectivity index (χ0n) is 16.2. The maximum absolute atomic E-state index is 12.5. The minimum absolute atomic E-state index is 0.107. The van der Waals surface area contributed by atoms with E-state index in [1.165, 1.54) is 11.1 Å². The molecule has 5 heteroatoms. The van der Waals surface area contributed by atoms with E-state index in [0.717, 1.165) is 12.2 Å². The third kappa shape index (κ3) is 6.23. The molecule has 1 heterocycles. The molecule has 26 heavy (non-hydrogen) atoms. The molecule has 1 aromatic heterocycles. The van der Waals surface area contributed by atoms with Crippen LogP contribution in [-0.4, -0.2) is 37.7 Å². The van der Waals surface area contributed by atoms with Crippen molar-refractivity contribution in [2.24, 2.45) is 0 Å². The monoisotopic (exact) mass is 358 g/mol. The first-order valence-corrected chi connectivity index (χ1v) is 9.03. The maximum Gasteiger partial charge on any atom is 0.317 e. The summed E-state index contributed by atoms with van der Waals surface area (Å²) in [6.45, 7) is 8.64. The second-order valence-corrected chi connectivity index (χ2v) is 7.42. The van der Waals surface area contributed by atoms with Crippen LogP contribution in [0.25, 0.3) is 0 Å². The minimum Gasteiger partial charge on any atom is -0.467 e. The Morgan fingerprint density at radius 1 is 1.19 bits per heavy atom. The smallest absolute Gasteiger partial charge is 0.317 e. The second-order valence-electron chi connectivity index (χ2n) is 7.42. The van der Waals surface area contributed by atoms with Crippen molar-refractivity contribution in [2.75, 3.05) is 26.8 Å². The van der Waals surface area contributed by atoms with E-state index in [0.29, 0.717) is 26.2 Å². The number of benzene rings is 1. The average Bonchev–Trinajstić information content (AvgIpc) is 3.11. The summed E-state index contributed by atoms with van der Waals surface area (Å²) in [6, 6.07) is 12.2. The van der Waals surface area contributed by atoms with Gasteiger partial charge in [0.2, 0.25) is 0 Å². The normalized spacial score (nSPS) is 11.4. The van der Waals surface area contributed by atoms with E-state index in [1.807, 2.05) is 12.1 Å². The summed E-state index contributed by atoms with van der Waals surface area (Å²) in [6.07, 6.45) is 2.41. The van der Waals surface area contributed by atoms with Gasteiger partial charge in [-0.25, -0.2) is 4.79 Å². The van der Waals surface area contributed by atoms with Gasteiger partial charge in [0.1, 0.15) is 5.76 Å².